The Morgan fingerprint density at radius 2 is 2.18 bits per heavy atom. The molecule has 0 radical (unpaired) electrons. The molecular weight excluding hydrogens is 304 g/mol. The first-order chi connectivity index (χ1) is 10.0. The van der Waals surface area contributed by atoms with E-state index in [1.807, 2.05) is 25.1 Å². The van der Waals surface area contributed by atoms with E-state index in [0.717, 1.165) is 18.4 Å². The third-order valence-electron chi connectivity index (χ3n) is 3.49. The molecule has 3 amide bonds. The van der Waals surface area contributed by atoms with Gasteiger partial charge in [0.1, 0.15) is 0 Å². The van der Waals surface area contributed by atoms with Crippen molar-refractivity contribution in [3.63, 3.8) is 0 Å². The third kappa shape index (κ3) is 5.54. The number of nitrogens with zero attached hydrogens (tertiary/aromatic N) is 1. The van der Waals surface area contributed by atoms with E-state index in [9.17, 15) is 9.59 Å². The highest BCUT2D eigenvalue weighted by molar-refractivity contribution is 5.92. The van der Waals surface area contributed by atoms with Crippen molar-refractivity contribution < 1.29 is 9.59 Å². The van der Waals surface area contributed by atoms with Gasteiger partial charge in [0.05, 0.1) is 6.54 Å². The van der Waals surface area contributed by atoms with Crippen LogP contribution in [0.3, 0.4) is 0 Å². The lowest BCUT2D eigenvalue weighted by atomic mass is 10.1. The molecule has 0 aromatic heterocycles. The standard InChI is InChI=1S/C15H22N4O2.ClH/c1-11-4-2-6-13(8-11)18-15(21)17-9-14(20)19-7-3-5-12(16)10-19;/h2,4,6,8,12H,3,5,7,9-10,16H2,1H3,(H2,17,18,21);1H. The minimum Gasteiger partial charge on any atom is -0.340 e. The van der Waals surface area contributed by atoms with Crippen LogP contribution in [0.1, 0.15) is 18.4 Å². The molecule has 0 spiro atoms. The lowest BCUT2D eigenvalue weighted by molar-refractivity contribution is -0.131. The maximum atomic E-state index is 12.0. The van der Waals surface area contributed by atoms with Gasteiger partial charge in [-0.15, -0.1) is 12.4 Å². The van der Waals surface area contributed by atoms with E-state index in [1.165, 1.54) is 0 Å². The zero-order valence-electron chi connectivity index (χ0n) is 12.7. The number of hydrogen-bond donors (Lipinski definition) is 3. The number of carbonyl (C=O) groups is 2. The number of benzene rings is 1. The Morgan fingerprint density at radius 1 is 1.41 bits per heavy atom. The molecule has 1 heterocycles. The van der Waals surface area contributed by atoms with Crippen LogP contribution in [0, 0.1) is 6.92 Å². The number of urea groups is 1. The second-order valence-corrected chi connectivity index (χ2v) is 5.42. The number of halogens is 1. The molecule has 0 aliphatic carbocycles. The molecule has 22 heavy (non-hydrogen) atoms. The Bertz CT molecular complexity index is 524. The first-order valence-corrected chi connectivity index (χ1v) is 7.19. The average molecular weight is 327 g/mol. The SMILES string of the molecule is Cc1cccc(NC(=O)NCC(=O)N2CCCC(N)C2)c1.Cl. The number of aryl methyl sites for hydroxylation is 1. The van der Waals surface area contributed by atoms with Crippen molar-refractivity contribution in [1.29, 1.82) is 0 Å². The lowest BCUT2D eigenvalue weighted by Gasteiger charge is -2.30. The second kappa shape index (κ2) is 8.60. The number of hydrogen-bond acceptors (Lipinski definition) is 3. The number of likely N-dealkylation sites (tertiary alicyclic amines) is 1. The molecule has 2 rings (SSSR count). The Hall–Kier alpha value is -1.79. The fourth-order valence-electron chi connectivity index (χ4n) is 2.40. The second-order valence-electron chi connectivity index (χ2n) is 5.42. The molecule has 6 nitrogen and oxygen atoms in total. The van der Waals surface area contributed by atoms with Gasteiger partial charge in [-0.3, -0.25) is 4.79 Å². The van der Waals surface area contributed by atoms with Crippen LogP contribution < -0.4 is 16.4 Å². The number of nitrogens with two attached hydrogens (primary N) is 1. The van der Waals surface area contributed by atoms with Crippen LogP contribution in [0.5, 0.6) is 0 Å². The smallest absolute Gasteiger partial charge is 0.319 e. The highest BCUT2D eigenvalue weighted by atomic mass is 35.5. The largest absolute Gasteiger partial charge is 0.340 e. The molecule has 1 unspecified atom stereocenters. The van der Waals surface area contributed by atoms with Crippen LogP contribution in [0.2, 0.25) is 0 Å². The van der Waals surface area contributed by atoms with Gasteiger partial charge in [0.15, 0.2) is 0 Å². The molecule has 1 saturated heterocycles. The predicted octanol–water partition coefficient (Wildman–Crippen LogP) is 1.49. The summed E-state index contributed by atoms with van der Waals surface area (Å²) in [6.07, 6.45) is 1.87. The summed E-state index contributed by atoms with van der Waals surface area (Å²) in [7, 11) is 0. The highest BCUT2D eigenvalue weighted by Gasteiger charge is 2.21. The van der Waals surface area contributed by atoms with Crippen molar-refractivity contribution in [3.05, 3.63) is 29.8 Å². The summed E-state index contributed by atoms with van der Waals surface area (Å²) in [5, 5.41) is 5.28. The molecule has 122 valence electrons. The van der Waals surface area contributed by atoms with E-state index in [4.69, 9.17) is 5.73 Å². The van der Waals surface area contributed by atoms with E-state index in [0.29, 0.717) is 18.8 Å². The van der Waals surface area contributed by atoms with Crippen LogP contribution in [-0.2, 0) is 4.79 Å². The zero-order chi connectivity index (χ0) is 15.2. The maximum absolute atomic E-state index is 12.0. The number of amides is 3. The van der Waals surface area contributed by atoms with Crippen LogP contribution in [0.25, 0.3) is 0 Å². The molecular formula is C15H23ClN4O2. The summed E-state index contributed by atoms with van der Waals surface area (Å²) < 4.78 is 0. The van der Waals surface area contributed by atoms with Gasteiger partial charge >= 0.3 is 6.03 Å². The van der Waals surface area contributed by atoms with Crippen LogP contribution in [0.4, 0.5) is 10.5 Å². The molecule has 1 aliphatic heterocycles. The van der Waals surface area contributed by atoms with E-state index in [1.54, 1.807) is 11.0 Å². The normalized spacial score (nSPS) is 17.4. The first kappa shape index (κ1) is 18.3. The molecule has 1 fully saturated rings. The topological polar surface area (TPSA) is 87.5 Å². The first-order valence-electron chi connectivity index (χ1n) is 7.19. The summed E-state index contributed by atoms with van der Waals surface area (Å²) >= 11 is 0. The summed E-state index contributed by atoms with van der Waals surface area (Å²) in [6.45, 7) is 3.23. The number of piperidine rings is 1. The molecule has 4 N–H and O–H groups in total. The van der Waals surface area contributed by atoms with Crippen LogP contribution >= 0.6 is 12.4 Å². The Kier molecular flexibility index (Phi) is 7.14. The Balaban J connectivity index is 0.00000242. The average Bonchev–Trinajstić information content (AvgIpc) is 2.45. The molecule has 1 aliphatic rings. The van der Waals surface area contributed by atoms with Crippen molar-refractivity contribution in [2.24, 2.45) is 5.73 Å². The quantitative estimate of drug-likeness (QED) is 0.786. The van der Waals surface area contributed by atoms with Gasteiger partial charge in [-0.2, -0.15) is 0 Å². The van der Waals surface area contributed by atoms with Gasteiger partial charge < -0.3 is 21.3 Å². The molecule has 1 aromatic rings. The predicted molar refractivity (Wildman–Crippen MR) is 89.2 cm³/mol. The van der Waals surface area contributed by atoms with Crippen LogP contribution in [-0.4, -0.2) is 42.5 Å². The zero-order valence-corrected chi connectivity index (χ0v) is 13.5. The van der Waals surface area contributed by atoms with E-state index < -0.39 is 0 Å². The van der Waals surface area contributed by atoms with Crippen molar-refractivity contribution >= 4 is 30.0 Å². The minimum atomic E-state index is -0.379. The fraction of sp³-hybridized carbons (Fsp3) is 0.467. The lowest BCUT2D eigenvalue weighted by Crippen LogP contribution is -2.49. The number of nitrogens with one attached hydrogen (secondary N) is 2. The number of rotatable bonds is 3. The highest BCUT2D eigenvalue weighted by Crippen LogP contribution is 2.09. The molecule has 7 heteroatoms. The van der Waals surface area contributed by atoms with E-state index >= 15 is 0 Å². The van der Waals surface area contributed by atoms with Crippen molar-refractivity contribution in [1.82, 2.24) is 10.2 Å². The monoisotopic (exact) mass is 326 g/mol. The third-order valence-corrected chi connectivity index (χ3v) is 3.49. The molecule has 1 aromatic carbocycles. The van der Waals surface area contributed by atoms with Gasteiger partial charge in [-0.25, -0.2) is 4.79 Å². The van der Waals surface area contributed by atoms with Crippen molar-refractivity contribution in [2.75, 3.05) is 25.0 Å². The Morgan fingerprint density at radius 3 is 2.86 bits per heavy atom. The number of carbonyl (C=O) groups excluding carboxylic acids is 2. The van der Waals surface area contributed by atoms with Crippen LogP contribution in [0.15, 0.2) is 24.3 Å². The summed E-state index contributed by atoms with van der Waals surface area (Å²) in [4.78, 5) is 25.4. The summed E-state index contributed by atoms with van der Waals surface area (Å²) in [5.74, 6) is -0.0930. The summed E-state index contributed by atoms with van der Waals surface area (Å²) in [5.41, 5.74) is 7.61. The van der Waals surface area contributed by atoms with Gasteiger partial charge in [0, 0.05) is 24.8 Å². The van der Waals surface area contributed by atoms with Gasteiger partial charge in [-0.1, -0.05) is 12.1 Å². The van der Waals surface area contributed by atoms with Gasteiger partial charge in [0.2, 0.25) is 5.91 Å². The fourth-order valence-corrected chi connectivity index (χ4v) is 2.40. The molecule has 0 saturated carbocycles. The van der Waals surface area contributed by atoms with E-state index in [2.05, 4.69) is 10.6 Å². The number of anilines is 1. The minimum absolute atomic E-state index is 0. The molecule has 0 bridgehead atoms. The summed E-state index contributed by atoms with van der Waals surface area (Å²) in [6, 6.07) is 7.15. The van der Waals surface area contributed by atoms with Gasteiger partial charge in [0.25, 0.3) is 0 Å². The Labute approximate surface area is 136 Å². The maximum Gasteiger partial charge on any atom is 0.319 e. The van der Waals surface area contributed by atoms with Crippen molar-refractivity contribution in [3.8, 4) is 0 Å². The van der Waals surface area contributed by atoms with E-state index in [-0.39, 0.29) is 36.9 Å². The molecule has 1 atom stereocenters. The van der Waals surface area contributed by atoms with Crippen molar-refractivity contribution in [2.45, 2.75) is 25.8 Å². The van der Waals surface area contributed by atoms with Gasteiger partial charge in [-0.05, 0) is 37.5 Å².